The fraction of sp³-hybridized carbons (Fsp3) is 0.630. The minimum Gasteiger partial charge on any atom is -0.497 e. The molecular formula is C54H72N4O14. The molecule has 0 N–H and O–H groups in total. The summed E-state index contributed by atoms with van der Waals surface area (Å²) < 4.78 is 32.6. The molecule has 0 aromatic heterocycles. The average Bonchev–Trinajstić information content (AvgIpc) is 3.57. The number of methoxy groups -OCH3 is 2. The number of aldehydes is 2. The quantitative estimate of drug-likeness (QED) is 0.115. The lowest BCUT2D eigenvalue weighted by Crippen LogP contribution is -2.71. The molecule has 4 heterocycles. The SMILES string of the molecule is CCOC(=O)C[C@]12[C@@H]3CCN(C(=O)OC(C)(C)C)[C@H]1[C@@H](C=O)C[C@@H]3C(=O)N2Cc1ccc(OC)cc1.CCOC(=O)C[C@]12[C@@H]3CCN(C(=O)OC(C)(C)C)[C@H]1[C@H](C=O)C[C@@H]3C(=O)N2Cc1ccc(OC)cc1. The van der Waals surface area contributed by atoms with Crippen LogP contribution >= 0.6 is 0 Å². The molecule has 2 aromatic carbocycles. The fourth-order valence-corrected chi connectivity index (χ4v) is 13.0. The van der Waals surface area contributed by atoms with E-state index in [0.717, 1.165) is 23.7 Å². The lowest BCUT2D eigenvalue weighted by atomic mass is 9.58. The summed E-state index contributed by atoms with van der Waals surface area (Å²) in [5.41, 5.74) is -1.86. The second-order valence-corrected chi connectivity index (χ2v) is 21.8. The Labute approximate surface area is 422 Å². The summed E-state index contributed by atoms with van der Waals surface area (Å²) >= 11 is 0. The first kappa shape index (κ1) is 53.6. The van der Waals surface area contributed by atoms with Crippen LogP contribution in [0.1, 0.15) is 105 Å². The van der Waals surface area contributed by atoms with Crippen molar-refractivity contribution >= 4 is 48.5 Å². The maximum absolute atomic E-state index is 13.9. The fourth-order valence-electron chi connectivity index (χ4n) is 13.0. The van der Waals surface area contributed by atoms with Crippen molar-refractivity contribution in [1.82, 2.24) is 19.6 Å². The van der Waals surface area contributed by atoms with Crippen molar-refractivity contribution in [2.24, 2.45) is 35.5 Å². The molecule has 0 unspecified atom stereocenters. The van der Waals surface area contributed by atoms with Gasteiger partial charge < -0.3 is 57.6 Å². The molecule has 8 rings (SSSR count). The molecule has 10 atom stereocenters. The minimum atomic E-state index is -1.06. The van der Waals surface area contributed by atoms with Crippen LogP contribution in [0.2, 0.25) is 0 Å². The van der Waals surface area contributed by atoms with E-state index in [1.54, 1.807) is 89.2 Å². The Balaban J connectivity index is 0.000000211. The maximum atomic E-state index is 13.9. The van der Waals surface area contributed by atoms with Gasteiger partial charge in [-0.1, -0.05) is 24.3 Å². The smallest absolute Gasteiger partial charge is 0.410 e. The van der Waals surface area contributed by atoms with Crippen LogP contribution < -0.4 is 9.47 Å². The standard InChI is InChI=1S/2C27H36N2O7/c2*1-6-35-22(31)14-27-21-11-12-28(25(33)36-26(2,3)4)23(27)18(16-30)13-20(21)24(32)29(27)15-17-7-9-19(34-5)10-8-17/h2*7-10,16,18,20-21,23H,6,11-15H2,1-5H3/t18-,20+,21-,23+,27+;18-,20-,21+,23-,27-/m10/s1. The first-order chi connectivity index (χ1) is 34.1. The molecule has 6 aliphatic rings. The third kappa shape index (κ3) is 10.1. The summed E-state index contributed by atoms with van der Waals surface area (Å²) in [6.45, 7) is 15.8. The largest absolute Gasteiger partial charge is 0.497 e. The zero-order valence-electron chi connectivity index (χ0n) is 43.4. The van der Waals surface area contributed by atoms with E-state index in [0.29, 0.717) is 50.3 Å². The predicted octanol–water partition coefficient (Wildman–Crippen LogP) is 6.38. The molecule has 0 spiro atoms. The number of rotatable bonds is 14. The number of esters is 2. The number of carbonyl (C=O) groups is 8. The van der Waals surface area contributed by atoms with Crippen LogP contribution in [0.15, 0.2) is 48.5 Å². The van der Waals surface area contributed by atoms with E-state index in [2.05, 4.69) is 0 Å². The topological polar surface area (TPSA) is 205 Å². The van der Waals surface area contributed by atoms with Gasteiger partial charge in [0.05, 0.1) is 63.4 Å². The Morgan fingerprint density at radius 3 is 1.24 bits per heavy atom. The van der Waals surface area contributed by atoms with E-state index in [1.807, 2.05) is 48.5 Å². The normalized spacial score (nSPS) is 29.1. The summed E-state index contributed by atoms with van der Waals surface area (Å²) in [5.74, 6) is -1.98. The average molecular weight is 1000 g/mol. The predicted molar refractivity (Wildman–Crippen MR) is 260 cm³/mol. The Morgan fingerprint density at radius 1 is 0.597 bits per heavy atom. The van der Waals surface area contributed by atoms with Gasteiger partial charge in [-0.15, -0.1) is 0 Å². The summed E-state index contributed by atoms with van der Waals surface area (Å²) in [5, 5.41) is 0. The van der Waals surface area contributed by atoms with Crippen LogP contribution in [0.25, 0.3) is 0 Å². The van der Waals surface area contributed by atoms with E-state index >= 15 is 0 Å². The van der Waals surface area contributed by atoms with Crippen molar-refractivity contribution in [3.63, 3.8) is 0 Å². The highest BCUT2D eigenvalue weighted by atomic mass is 16.6. The molecule has 4 amide bonds. The highest BCUT2D eigenvalue weighted by molar-refractivity contribution is 5.89. The van der Waals surface area contributed by atoms with Gasteiger partial charge in [0.1, 0.15) is 35.3 Å². The Bertz CT molecular complexity index is 2200. The summed E-state index contributed by atoms with van der Waals surface area (Å²) in [7, 11) is 3.17. The molecular weight excluding hydrogens is 929 g/mol. The van der Waals surface area contributed by atoms with Crippen molar-refractivity contribution in [2.45, 2.75) is 141 Å². The van der Waals surface area contributed by atoms with Gasteiger partial charge in [0, 0.05) is 49.9 Å². The number of likely N-dealkylation sites (tertiary alicyclic amines) is 4. The second-order valence-electron chi connectivity index (χ2n) is 21.8. The molecule has 72 heavy (non-hydrogen) atoms. The van der Waals surface area contributed by atoms with Crippen molar-refractivity contribution < 1.29 is 66.8 Å². The number of hydrogen-bond donors (Lipinski definition) is 0. The van der Waals surface area contributed by atoms with Gasteiger partial charge in [0.15, 0.2) is 0 Å². The molecule has 6 fully saturated rings. The number of ether oxygens (including phenoxy) is 6. The molecule has 18 nitrogen and oxygen atoms in total. The molecule has 2 aromatic rings. The van der Waals surface area contributed by atoms with Crippen molar-refractivity contribution in [3.8, 4) is 11.5 Å². The maximum Gasteiger partial charge on any atom is 0.410 e. The van der Waals surface area contributed by atoms with Crippen LogP contribution in [0.5, 0.6) is 11.5 Å². The lowest BCUT2D eigenvalue weighted by molar-refractivity contribution is -0.158. The third-order valence-electron chi connectivity index (χ3n) is 15.4. The Kier molecular flexibility index (Phi) is 15.7. The number of amides is 4. The Hall–Kier alpha value is -6.20. The van der Waals surface area contributed by atoms with E-state index in [9.17, 15) is 38.4 Å². The molecule has 2 saturated carbocycles. The zero-order valence-corrected chi connectivity index (χ0v) is 43.4. The van der Waals surface area contributed by atoms with Crippen molar-refractivity contribution in [1.29, 1.82) is 0 Å². The van der Waals surface area contributed by atoms with E-state index < -0.39 is 70.3 Å². The molecule has 4 saturated heterocycles. The van der Waals surface area contributed by atoms with Crippen molar-refractivity contribution in [3.05, 3.63) is 59.7 Å². The molecule has 0 radical (unpaired) electrons. The third-order valence-corrected chi connectivity index (χ3v) is 15.4. The molecule has 8 bridgehead atoms. The highest BCUT2D eigenvalue weighted by Crippen LogP contribution is 2.60. The van der Waals surface area contributed by atoms with Gasteiger partial charge in [0.2, 0.25) is 11.8 Å². The summed E-state index contributed by atoms with van der Waals surface area (Å²) in [6.07, 6.45) is 2.19. The van der Waals surface area contributed by atoms with Gasteiger partial charge >= 0.3 is 24.1 Å². The molecule has 4 aliphatic heterocycles. The van der Waals surface area contributed by atoms with Crippen molar-refractivity contribution in [2.75, 3.05) is 40.5 Å². The number of carbonyl (C=O) groups excluding carboxylic acids is 8. The number of hydrogen-bond acceptors (Lipinski definition) is 14. The van der Waals surface area contributed by atoms with Gasteiger partial charge in [-0.25, -0.2) is 9.59 Å². The van der Waals surface area contributed by atoms with Crippen LogP contribution in [0.3, 0.4) is 0 Å². The first-order valence-electron chi connectivity index (χ1n) is 25.2. The van der Waals surface area contributed by atoms with Gasteiger partial charge in [-0.2, -0.15) is 0 Å². The summed E-state index contributed by atoms with van der Waals surface area (Å²) in [6, 6.07) is 13.4. The number of benzene rings is 2. The van der Waals surface area contributed by atoms with Gasteiger partial charge in [-0.05, 0) is 128 Å². The molecule has 2 aliphatic carbocycles. The Morgan fingerprint density at radius 2 is 0.944 bits per heavy atom. The van der Waals surface area contributed by atoms with Crippen LogP contribution in [-0.4, -0.2) is 143 Å². The van der Waals surface area contributed by atoms with Crippen LogP contribution in [0.4, 0.5) is 9.59 Å². The number of nitrogens with zero attached hydrogens (tertiary/aromatic N) is 4. The summed E-state index contributed by atoms with van der Waals surface area (Å²) in [4.78, 5) is 112. The van der Waals surface area contributed by atoms with E-state index in [-0.39, 0.29) is 74.6 Å². The lowest BCUT2D eigenvalue weighted by Gasteiger charge is -2.58. The first-order valence-corrected chi connectivity index (χ1v) is 25.2. The number of piperidine rings is 2. The second kappa shape index (κ2) is 21.1. The van der Waals surface area contributed by atoms with E-state index in [1.165, 1.54) is 0 Å². The highest BCUT2D eigenvalue weighted by Gasteiger charge is 2.72. The molecule has 18 heteroatoms. The van der Waals surface area contributed by atoms with Gasteiger partial charge in [-0.3, -0.25) is 19.2 Å². The molecule has 392 valence electrons. The van der Waals surface area contributed by atoms with Crippen LogP contribution in [-0.2, 0) is 60.8 Å². The van der Waals surface area contributed by atoms with E-state index in [4.69, 9.17) is 28.4 Å². The monoisotopic (exact) mass is 1000 g/mol. The zero-order chi connectivity index (χ0) is 52.5. The minimum absolute atomic E-state index is 0.0829. The van der Waals surface area contributed by atoms with Gasteiger partial charge in [0.25, 0.3) is 0 Å². The van der Waals surface area contributed by atoms with Crippen LogP contribution in [0, 0.1) is 35.5 Å².